The lowest BCUT2D eigenvalue weighted by Gasteiger charge is -2.24. The molecule has 1 atom stereocenters. The molecule has 0 saturated heterocycles. The Balaban J connectivity index is 1.98. The van der Waals surface area contributed by atoms with E-state index in [2.05, 4.69) is 5.32 Å². The van der Waals surface area contributed by atoms with Crippen LogP contribution in [0.4, 0.5) is 0 Å². The average Bonchev–Trinajstić information content (AvgIpc) is 2.50. The molecule has 0 aliphatic rings. The Bertz CT molecular complexity index is 582. The minimum Gasteiger partial charge on any atom is -0.508 e. The van der Waals surface area contributed by atoms with Gasteiger partial charge in [0.2, 0.25) is 0 Å². The maximum Gasteiger partial charge on any atom is 0.120 e. The number of phenols is 1. The molecule has 0 aliphatic carbocycles. The number of aliphatic hydroxyl groups is 1. The molecule has 4 nitrogen and oxygen atoms in total. The van der Waals surface area contributed by atoms with Crippen molar-refractivity contribution in [3.05, 3.63) is 59.7 Å². The molecule has 0 bridgehead atoms. The number of aromatic hydroxyl groups is 1. The van der Waals surface area contributed by atoms with Crippen LogP contribution >= 0.6 is 0 Å². The van der Waals surface area contributed by atoms with Gasteiger partial charge in [-0.15, -0.1) is 0 Å². The minimum atomic E-state index is -0.963. The molecule has 0 aromatic heterocycles. The lowest BCUT2D eigenvalue weighted by Crippen LogP contribution is -2.35. The summed E-state index contributed by atoms with van der Waals surface area (Å²) in [5, 5.41) is 23.5. The summed E-state index contributed by atoms with van der Waals surface area (Å²) in [6.45, 7) is 2.60. The van der Waals surface area contributed by atoms with E-state index in [4.69, 9.17) is 4.74 Å². The normalized spacial score (nSPS) is 13.7. The Labute approximate surface area is 125 Å². The first-order valence-electron chi connectivity index (χ1n) is 6.87. The van der Waals surface area contributed by atoms with Gasteiger partial charge in [-0.2, -0.15) is 0 Å². The number of nitrogens with one attached hydrogen (secondary N) is 1. The van der Waals surface area contributed by atoms with Gasteiger partial charge in [-0.25, -0.2) is 0 Å². The zero-order valence-corrected chi connectivity index (χ0v) is 12.3. The van der Waals surface area contributed by atoms with Crippen molar-refractivity contribution in [1.82, 2.24) is 5.32 Å². The maximum absolute atomic E-state index is 10.5. The third-order valence-corrected chi connectivity index (χ3v) is 3.47. The molecule has 4 heteroatoms. The van der Waals surface area contributed by atoms with Gasteiger partial charge in [0, 0.05) is 18.7 Å². The smallest absolute Gasteiger partial charge is 0.120 e. The van der Waals surface area contributed by atoms with E-state index in [-0.39, 0.29) is 5.75 Å². The van der Waals surface area contributed by atoms with Crippen molar-refractivity contribution in [3.63, 3.8) is 0 Å². The number of rotatable bonds is 6. The second kappa shape index (κ2) is 6.61. The van der Waals surface area contributed by atoms with Crippen molar-refractivity contribution < 1.29 is 14.9 Å². The van der Waals surface area contributed by atoms with Crippen molar-refractivity contribution >= 4 is 0 Å². The lowest BCUT2D eigenvalue weighted by molar-refractivity contribution is 0.0566. The molecule has 0 fully saturated rings. The molecule has 112 valence electrons. The molecule has 2 aromatic carbocycles. The van der Waals surface area contributed by atoms with E-state index in [1.54, 1.807) is 32.2 Å². The Hall–Kier alpha value is -2.04. The van der Waals surface area contributed by atoms with Gasteiger partial charge in [0.05, 0.1) is 12.7 Å². The summed E-state index contributed by atoms with van der Waals surface area (Å²) in [5.74, 6) is 0.905. The van der Waals surface area contributed by atoms with Crippen molar-refractivity contribution in [1.29, 1.82) is 0 Å². The third kappa shape index (κ3) is 3.97. The monoisotopic (exact) mass is 287 g/mol. The number of hydrogen-bond acceptors (Lipinski definition) is 4. The van der Waals surface area contributed by atoms with E-state index in [0.717, 1.165) is 11.1 Å². The van der Waals surface area contributed by atoms with Gasteiger partial charge in [-0.1, -0.05) is 30.3 Å². The highest BCUT2D eigenvalue weighted by atomic mass is 16.5. The summed E-state index contributed by atoms with van der Waals surface area (Å²) < 4.78 is 5.14. The maximum atomic E-state index is 10.5. The molecule has 21 heavy (non-hydrogen) atoms. The third-order valence-electron chi connectivity index (χ3n) is 3.47. The number of hydrogen-bond donors (Lipinski definition) is 3. The van der Waals surface area contributed by atoms with E-state index in [9.17, 15) is 10.2 Å². The van der Waals surface area contributed by atoms with Gasteiger partial charge in [0.1, 0.15) is 11.5 Å². The summed E-state index contributed by atoms with van der Waals surface area (Å²) in [6, 6.07) is 14.6. The summed E-state index contributed by atoms with van der Waals surface area (Å²) in [4.78, 5) is 0. The minimum absolute atomic E-state index is 0.211. The zero-order chi connectivity index (χ0) is 15.3. The van der Waals surface area contributed by atoms with Crippen LogP contribution in [0.2, 0.25) is 0 Å². The van der Waals surface area contributed by atoms with Gasteiger partial charge in [0.25, 0.3) is 0 Å². The van der Waals surface area contributed by atoms with E-state index in [1.165, 1.54) is 0 Å². The second-order valence-electron chi connectivity index (χ2n) is 5.24. The van der Waals surface area contributed by atoms with E-state index < -0.39 is 5.60 Å². The standard InChI is InChI=1S/C17H21NO3/c1-17(20,14-6-4-3-5-7-14)12-18-11-13-10-15(21-2)8-9-16(13)19/h3-10,18-20H,11-12H2,1-2H3. The Kier molecular flexibility index (Phi) is 4.83. The summed E-state index contributed by atoms with van der Waals surface area (Å²) in [5.41, 5.74) is 0.626. The molecule has 3 N–H and O–H groups in total. The average molecular weight is 287 g/mol. The van der Waals surface area contributed by atoms with Gasteiger partial charge in [-0.3, -0.25) is 0 Å². The van der Waals surface area contributed by atoms with Gasteiger partial charge >= 0.3 is 0 Å². The zero-order valence-electron chi connectivity index (χ0n) is 12.3. The fraction of sp³-hybridized carbons (Fsp3) is 0.294. The fourth-order valence-electron chi connectivity index (χ4n) is 2.17. The predicted octanol–water partition coefficient (Wildman–Crippen LogP) is 2.40. The fourth-order valence-corrected chi connectivity index (χ4v) is 2.17. The molecule has 0 spiro atoms. The number of ether oxygens (including phenoxy) is 1. The predicted molar refractivity (Wildman–Crippen MR) is 82.4 cm³/mol. The van der Waals surface area contributed by atoms with Gasteiger partial charge in [0.15, 0.2) is 0 Å². The van der Waals surface area contributed by atoms with Crippen LogP contribution in [0.25, 0.3) is 0 Å². The van der Waals surface area contributed by atoms with Crippen molar-refractivity contribution in [2.45, 2.75) is 19.1 Å². The van der Waals surface area contributed by atoms with Gasteiger partial charge in [-0.05, 0) is 30.7 Å². The molecule has 1 unspecified atom stereocenters. The largest absolute Gasteiger partial charge is 0.508 e. The highest BCUT2D eigenvalue weighted by molar-refractivity contribution is 5.39. The first-order valence-corrected chi connectivity index (χ1v) is 6.87. The highest BCUT2D eigenvalue weighted by Gasteiger charge is 2.22. The molecule has 0 saturated carbocycles. The highest BCUT2D eigenvalue weighted by Crippen LogP contribution is 2.23. The first-order chi connectivity index (χ1) is 10.0. The van der Waals surface area contributed by atoms with Gasteiger partial charge < -0.3 is 20.3 Å². The van der Waals surface area contributed by atoms with E-state index in [1.807, 2.05) is 30.3 Å². The SMILES string of the molecule is COc1ccc(O)c(CNCC(C)(O)c2ccccc2)c1. The Morgan fingerprint density at radius 1 is 1.14 bits per heavy atom. The van der Waals surface area contributed by atoms with Crippen molar-refractivity contribution in [2.75, 3.05) is 13.7 Å². The molecule has 0 radical (unpaired) electrons. The van der Waals surface area contributed by atoms with Crippen molar-refractivity contribution in [3.8, 4) is 11.5 Å². The molecular weight excluding hydrogens is 266 g/mol. The van der Waals surface area contributed by atoms with Crippen LogP contribution in [0.15, 0.2) is 48.5 Å². The molecule has 0 heterocycles. The number of methoxy groups -OCH3 is 1. The molecule has 0 amide bonds. The van der Waals surface area contributed by atoms with Crippen LogP contribution in [0.3, 0.4) is 0 Å². The lowest BCUT2D eigenvalue weighted by atomic mass is 9.96. The summed E-state index contributed by atoms with van der Waals surface area (Å²) >= 11 is 0. The van der Waals surface area contributed by atoms with Crippen LogP contribution in [0.1, 0.15) is 18.1 Å². The quantitative estimate of drug-likeness (QED) is 0.763. The topological polar surface area (TPSA) is 61.7 Å². The van der Waals surface area contributed by atoms with Crippen LogP contribution in [-0.2, 0) is 12.1 Å². The Morgan fingerprint density at radius 3 is 2.52 bits per heavy atom. The number of benzene rings is 2. The first kappa shape index (κ1) is 15.4. The second-order valence-corrected chi connectivity index (χ2v) is 5.24. The molecule has 2 rings (SSSR count). The summed E-state index contributed by atoms with van der Waals surface area (Å²) in [7, 11) is 1.59. The summed E-state index contributed by atoms with van der Waals surface area (Å²) in [6.07, 6.45) is 0. The molecular formula is C17H21NO3. The van der Waals surface area contributed by atoms with Crippen LogP contribution in [-0.4, -0.2) is 23.9 Å². The van der Waals surface area contributed by atoms with Crippen LogP contribution < -0.4 is 10.1 Å². The van der Waals surface area contributed by atoms with Crippen LogP contribution in [0.5, 0.6) is 11.5 Å². The van der Waals surface area contributed by atoms with Crippen LogP contribution in [0, 0.1) is 0 Å². The van der Waals surface area contributed by atoms with Crippen molar-refractivity contribution in [2.24, 2.45) is 0 Å². The number of phenolic OH excluding ortho intramolecular Hbond substituents is 1. The van der Waals surface area contributed by atoms with E-state index >= 15 is 0 Å². The Morgan fingerprint density at radius 2 is 1.86 bits per heavy atom. The van der Waals surface area contributed by atoms with E-state index in [0.29, 0.717) is 18.8 Å². The molecule has 2 aromatic rings. The molecule has 0 aliphatic heterocycles.